The van der Waals surface area contributed by atoms with Crippen molar-refractivity contribution in [3.8, 4) is 0 Å². The first-order valence-electron chi connectivity index (χ1n) is 5.68. The second-order valence-electron chi connectivity index (χ2n) is 3.85. The highest BCUT2D eigenvalue weighted by Crippen LogP contribution is 2.14. The second kappa shape index (κ2) is 5.92. The molecule has 1 atom stereocenters. The summed E-state index contributed by atoms with van der Waals surface area (Å²) in [7, 11) is 0. The lowest BCUT2D eigenvalue weighted by Crippen LogP contribution is -2.33. The van der Waals surface area contributed by atoms with Crippen LogP contribution in [-0.4, -0.2) is 27.6 Å². The van der Waals surface area contributed by atoms with Crippen LogP contribution in [-0.2, 0) is 11.3 Å². The van der Waals surface area contributed by atoms with E-state index in [0.29, 0.717) is 12.4 Å². The van der Waals surface area contributed by atoms with Gasteiger partial charge in [0.15, 0.2) is 0 Å². The molecule has 0 fully saturated rings. The van der Waals surface area contributed by atoms with Crippen molar-refractivity contribution < 1.29 is 4.79 Å². The number of aromatic amines is 1. The van der Waals surface area contributed by atoms with E-state index < -0.39 is 0 Å². The molecule has 1 aromatic heterocycles. The molecule has 2 rings (SSSR count). The number of aromatic nitrogens is 3. The molecule has 1 aromatic carbocycles. The van der Waals surface area contributed by atoms with Crippen LogP contribution in [0.25, 0.3) is 0 Å². The molecule has 1 unspecified atom stereocenters. The highest BCUT2D eigenvalue weighted by Gasteiger charge is 2.18. The predicted octanol–water partition coefficient (Wildman–Crippen LogP) is 0.163. The predicted molar refractivity (Wildman–Crippen MR) is 66.5 cm³/mol. The maximum absolute atomic E-state index is 12.0. The SMILES string of the molecule is NCC(C(=O)NCc1ncn[nH]1)c1ccccc1. The average Bonchev–Trinajstić information content (AvgIpc) is 2.92. The van der Waals surface area contributed by atoms with E-state index in [-0.39, 0.29) is 18.4 Å². The Labute approximate surface area is 105 Å². The summed E-state index contributed by atoms with van der Waals surface area (Å²) in [6, 6.07) is 9.48. The fourth-order valence-corrected chi connectivity index (χ4v) is 1.69. The zero-order valence-electron chi connectivity index (χ0n) is 9.84. The van der Waals surface area contributed by atoms with Crippen LogP contribution in [0.5, 0.6) is 0 Å². The van der Waals surface area contributed by atoms with Gasteiger partial charge in [0.1, 0.15) is 12.2 Å². The van der Waals surface area contributed by atoms with Gasteiger partial charge >= 0.3 is 0 Å². The normalized spacial score (nSPS) is 12.1. The average molecular weight is 245 g/mol. The first kappa shape index (κ1) is 12.3. The minimum atomic E-state index is -0.339. The Morgan fingerprint density at radius 3 is 2.78 bits per heavy atom. The molecule has 1 heterocycles. The van der Waals surface area contributed by atoms with Gasteiger partial charge < -0.3 is 11.1 Å². The second-order valence-corrected chi connectivity index (χ2v) is 3.85. The number of nitrogens with one attached hydrogen (secondary N) is 2. The Kier molecular flexibility index (Phi) is 4.03. The first-order chi connectivity index (χ1) is 8.81. The van der Waals surface area contributed by atoms with E-state index in [4.69, 9.17) is 5.73 Å². The quantitative estimate of drug-likeness (QED) is 0.699. The standard InChI is InChI=1S/C12H15N5O/c13-6-10(9-4-2-1-3-5-9)12(18)14-7-11-15-8-16-17-11/h1-5,8,10H,6-7,13H2,(H,14,18)(H,15,16,17). The van der Waals surface area contributed by atoms with Gasteiger partial charge in [-0.05, 0) is 5.56 Å². The smallest absolute Gasteiger partial charge is 0.229 e. The molecule has 1 amide bonds. The Morgan fingerprint density at radius 2 is 2.17 bits per heavy atom. The van der Waals surface area contributed by atoms with Gasteiger partial charge in [0.2, 0.25) is 5.91 Å². The fourth-order valence-electron chi connectivity index (χ4n) is 1.69. The van der Waals surface area contributed by atoms with Crippen molar-refractivity contribution in [1.29, 1.82) is 0 Å². The number of nitrogens with zero attached hydrogens (tertiary/aromatic N) is 2. The van der Waals surface area contributed by atoms with Crippen LogP contribution in [0.15, 0.2) is 36.7 Å². The van der Waals surface area contributed by atoms with Crippen molar-refractivity contribution in [3.05, 3.63) is 48.0 Å². The third-order valence-corrected chi connectivity index (χ3v) is 2.65. The summed E-state index contributed by atoms with van der Waals surface area (Å²) in [6.07, 6.45) is 1.40. The summed E-state index contributed by atoms with van der Waals surface area (Å²) in [4.78, 5) is 16.0. The van der Waals surface area contributed by atoms with E-state index in [1.54, 1.807) is 0 Å². The van der Waals surface area contributed by atoms with Gasteiger partial charge in [0.05, 0.1) is 12.5 Å². The van der Waals surface area contributed by atoms with Crippen LogP contribution in [0.2, 0.25) is 0 Å². The molecule has 2 aromatic rings. The van der Waals surface area contributed by atoms with Gasteiger partial charge in [0, 0.05) is 6.54 Å². The third-order valence-electron chi connectivity index (χ3n) is 2.65. The van der Waals surface area contributed by atoms with E-state index in [9.17, 15) is 4.79 Å². The number of benzene rings is 1. The molecule has 0 bridgehead atoms. The molecular formula is C12H15N5O. The summed E-state index contributed by atoms with van der Waals surface area (Å²) in [5.74, 6) is 0.168. The molecule has 4 N–H and O–H groups in total. The van der Waals surface area contributed by atoms with Crippen LogP contribution >= 0.6 is 0 Å². The van der Waals surface area contributed by atoms with E-state index in [1.165, 1.54) is 6.33 Å². The van der Waals surface area contributed by atoms with Crippen molar-refractivity contribution in [2.24, 2.45) is 5.73 Å². The molecular weight excluding hydrogens is 230 g/mol. The Hall–Kier alpha value is -2.21. The van der Waals surface area contributed by atoms with Crippen LogP contribution in [0.4, 0.5) is 0 Å². The van der Waals surface area contributed by atoms with Gasteiger partial charge in [-0.2, -0.15) is 5.10 Å². The lowest BCUT2D eigenvalue weighted by Gasteiger charge is -2.14. The number of carbonyl (C=O) groups is 1. The van der Waals surface area contributed by atoms with Crippen molar-refractivity contribution in [2.45, 2.75) is 12.5 Å². The largest absolute Gasteiger partial charge is 0.348 e. The molecule has 18 heavy (non-hydrogen) atoms. The zero-order chi connectivity index (χ0) is 12.8. The maximum atomic E-state index is 12.0. The van der Waals surface area contributed by atoms with Crippen molar-refractivity contribution in [1.82, 2.24) is 20.5 Å². The summed E-state index contributed by atoms with van der Waals surface area (Å²) < 4.78 is 0. The van der Waals surface area contributed by atoms with Gasteiger partial charge in [-0.3, -0.25) is 9.89 Å². The highest BCUT2D eigenvalue weighted by molar-refractivity contribution is 5.83. The summed E-state index contributed by atoms with van der Waals surface area (Å²) in [5, 5.41) is 9.18. The van der Waals surface area contributed by atoms with E-state index in [1.807, 2.05) is 30.3 Å². The van der Waals surface area contributed by atoms with Crippen LogP contribution in [0, 0.1) is 0 Å². The number of nitrogens with two attached hydrogens (primary N) is 1. The Balaban J connectivity index is 1.98. The number of amides is 1. The third kappa shape index (κ3) is 2.92. The highest BCUT2D eigenvalue weighted by atomic mass is 16.1. The Morgan fingerprint density at radius 1 is 1.39 bits per heavy atom. The lowest BCUT2D eigenvalue weighted by atomic mass is 9.98. The molecule has 0 aliphatic heterocycles. The van der Waals surface area contributed by atoms with Crippen LogP contribution in [0.3, 0.4) is 0 Å². The van der Waals surface area contributed by atoms with E-state index in [0.717, 1.165) is 5.56 Å². The molecule has 6 heteroatoms. The number of H-pyrrole nitrogens is 1. The minimum Gasteiger partial charge on any atom is -0.348 e. The van der Waals surface area contributed by atoms with Crippen LogP contribution < -0.4 is 11.1 Å². The Bertz CT molecular complexity index is 482. The number of hydrogen-bond donors (Lipinski definition) is 3. The van der Waals surface area contributed by atoms with Crippen LogP contribution in [0.1, 0.15) is 17.3 Å². The summed E-state index contributed by atoms with van der Waals surface area (Å²) in [6.45, 7) is 0.592. The summed E-state index contributed by atoms with van der Waals surface area (Å²) in [5.41, 5.74) is 6.57. The monoisotopic (exact) mass is 245 g/mol. The molecule has 0 aliphatic carbocycles. The van der Waals surface area contributed by atoms with E-state index in [2.05, 4.69) is 20.5 Å². The zero-order valence-corrected chi connectivity index (χ0v) is 9.84. The molecule has 6 nitrogen and oxygen atoms in total. The molecule has 94 valence electrons. The van der Waals surface area contributed by atoms with Gasteiger partial charge in [-0.15, -0.1) is 0 Å². The summed E-state index contributed by atoms with van der Waals surface area (Å²) >= 11 is 0. The van der Waals surface area contributed by atoms with Crippen molar-refractivity contribution in [3.63, 3.8) is 0 Å². The fraction of sp³-hybridized carbons (Fsp3) is 0.250. The van der Waals surface area contributed by atoms with Crippen molar-refractivity contribution >= 4 is 5.91 Å². The lowest BCUT2D eigenvalue weighted by molar-refractivity contribution is -0.122. The maximum Gasteiger partial charge on any atom is 0.229 e. The van der Waals surface area contributed by atoms with E-state index >= 15 is 0 Å². The molecule has 0 radical (unpaired) electrons. The molecule has 0 spiro atoms. The topological polar surface area (TPSA) is 96.7 Å². The van der Waals surface area contributed by atoms with Crippen molar-refractivity contribution in [2.75, 3.05) is 6.54 Å². The van der Waals surface area contributed by atoms with Gasteiger partial charge in [0.25, 0.3) is 0 Å². The van der Waals surface area contributed by atoms with Gasteiger partial charge in [-0.1, -0.05) is 30.3 Å². The minimum absolute atomic E-state index is 0.111. The molecule has 0 saturated carbocycles. The molecule has 0 saturated heterocycles. The molecule has 0 aliphatic rings. The first-order valence-corrected chi connectivity index (χ1v) is 5.68. The number of carbonyl (C=O) groups excluding carboxylic acids is 1. The van der Waals surface area contributed by atoms with Gasteiger partial charge in [-0.25, -0.2) is 4.98 Å². The number of hydrogen-bond acceptors (Lipinski definition) is 4. The number of rotatable bonds is 5.